The number of methoxy groups -OCH3 is 1. The first kappa shape index (κ1) is 19.8. The van der Waals surface area contributed by atoms with Crippen LogP contribution in [0.4, 0.5) is 17.3 Å². The Bertz CT molecular complexity index is 1330. The van der Waals surface area contributed by atoms with E-state index >= 15 is 0 Å². The van der Waals surface area contributed by atoms with Gasteiger partial charge >= 0.3 is 0 Å². The molecule has 2 aromatic heterocycles. The smallest absolute Gasteiger partial charge is 0.228 e. The number of fused-ring (bicyclic) bond motifs is 1. The second-order valence-corrected chi connectivity index (χ2v) is 9.02. The maximum absolute atomic E-state index is 12.7. The van der Waals surface area contributed by atoms with Crippen molar-refractivity contribution in [1.29, 1.82) is 0 Å². The van der Waals surface area contributed by atoms with Gasteiger partial charge in [-0.15, -0.1) is 0 Å². The quantitative estimate of drug-likeness (QED) is 0.387. The number of aromatic amines is 1. The number of nitrogens with one attached hydrogen (secondary N) is 3. The number of rotatable bonds is 7. The molecule has 2 fully saturated rings. The number of carbonyl (C=O) groups is 1. The third-order valence-electron chi connectivity index (χ3n) is 6.64. The fourth-order valence-electron chi connectivity index (χ4n) is 4.43. The van der Waals surface area contributed by atoms with Crippen molar-refractivity contribution in [3.63, 3.8) is 0 Å². The van der Waals surface area contributed by atoms with Gasteiger partial charge in [-0.05, 0) is 67.1 Å². The van der Waals surface area contributed by atoms with E-state index in [0.717, 1.165) is 51.7 Å². The molecule has 0 bridgehead atoms. The Kier molecular flexibility index (Phi) is 4.60. The largest absolute Gasteiger partial charge is 0.497 e. The van der Waals surface area contributed by atoms with Gasteiger partial charge in [0, 0.05) is 36.0 Å². The van der Waals surface area contributed by atoms with Gasteiger partial charge in [-0.1, -0.05) is 6.07 Å². The van der Waals surface area contributed by atoms with Gasteiger partial charge in [-0.25, -0.2) is 0 Å². The van der Waals surface area contributed by atoms with E-state index in [1.807, 2.05) is 36.0 Å². The molecule has 6 rings (SSSR count). The van der Waals surface area contributed by atoms with Crippen LogP contribution in [0.15, 0.2) is 48.5 Å². The van der Waals surface area contributed by atoms with Crippen molar-refractivity contribution in [2.75, 3.05) is 17.7 Å². The van der Waals surface area contributed by atoms with E-state index in [-0.39, 0.29) is 17.7 Å². The zero-order chi connectivity index (χ0) is 22.5. The van der Waals surface area contributed by atoms with E-state index in [0.29, 0.717) is 5.92 Å². The molecule has 8 nitrogen and oxygen atoms in total. The summed E-state index contributed by atoms with van der Waals surface area (Å²) in [5.74, 6) is 3.37. The first-order valence-electron chi connectivity index (χ1n) is 11.3. The van der Waals surface area contributed by atoms with Crippen LogP contribution in [-0.2, 0) is 11.8 Å². The van der Waals surface area contributed by atoms with Gasteiger partial charge in [0.05, 0.1) is 18.3 Å². The number of hydrogen-bond acceptors (Lipinski definition) is 5. The fraction of sp³-hybridized carbons (Fsp3) is 0.320. The molecule has 2 aliphatic carbocycles. The van der Waals surface area contributed by atoms with Crippen LogP contribution >= 0.6 is 0 Å². The Morgan fingerprint density at radius 1 is 1.15 bits per heavy atom. The predicted molar refractivity (Wildman–Crippen MR) is 127 cm³/mol. The highest BCUT2D eigenvalue weighted by molar-refractivity contribution is 5.96. The molecule has 2 atom stereocenters. The van der Waals surface area contributed by atoms with Gasteiger partial charge in [0.1, 0.15) is 11.6 Å². The molecule has 1 amide bonds. The van der Waals surface area contributed by atoms with E-state index in [1.165, 1.54) is 12.8 Å². The van der Waals surface area contributed by atoms with Crippen molar-refractivity contribution in [3.05, 3.63) is 59.8 Å². The number of H-pyrrole nitrogens is 1. The Morgan fingerprint density at radius 2 is 1.97 bits per heavy atom. The lowest BCUT2D eigenvalue weighted by molar-refractivity contribution is -0.117. The highest BCUT2D eigenvalue weighted by atomic mass is 16.5. The van der Waals surface area contributed by atoms with Gasteiger partial charge in [0.15, 0.2) is 5.82 Å². The molecule has 0 saturated heterocycles. The lowest BCUT2D eigenvalue weighted by Gasteiger charge is -2.06. The first-order valence-corrected chi connectivity index (χ1v) is 11.3. The van der Waals surface area contributed by atoms with Crippen LogP contribution in [0.3, 0.4) is 0 Å². The molecule has 2 aliphatic rings. The van der Waals surface area contributed by atoms with Crippen LogP contribution < -0.4 is 15.4 Å². The monoisotopic (exact) mass is 442 g/mol. The lowest BCUT2D eigenvalue weighted by atomic mass is 10.1. The summed E-state index contributed by atoms with van der Waals surface area (Å²) in [5.41, 5.74) is 4.05. The number of carbonyl (C=O) groups excluding carboxylic acids is 1. The molecule has 2 saturated carbocycles. The molecular weight excluding hydrogens is 416 g/mol. The number of nitrogens with zero attached hydrogens (tertiary/aromatic N) is 3. The second kappa shape index (κ2) is 7.65. The van der Waals surface area contributed by atoms with E-state index in [9.17, 15) is 4.79 Å². The van der Waals surface area contributed by atoms with Crippen LogP contribution in [0.5, 0.6) is 5.75 Å². The van der Waals surface area contributed by atoms with Crippen molar-refractivity contribution in [2.45, 2.75) is 31.1 Å². The maximum Gasteiger partial charge on any atom is 0.228 e. The molecule has 4 aromatic rings. The first-order chi connectivity index (χ1) is 16.1. The van der Waals surface area contributed by atoms with Crippen LogP contribution in [0.2, 0.25) is 0 Å². The summed E-state index contributed by atoms with van der Waals surface area (Å²) in [6, 6.07) is 15.8. The van der Waals surface area contributed by atoms with E-state index in [2.05, 4.69) is 50.2 Å². The summed E-state index contributed by atoms with van der Waals surface area (Å²) in [6.07, 6.45) is 3.31. The molecule has 8 heteroatoms. The number of aryl methyl sites for hydroxylation is 1. The molecule has 3 N–H and O–H groups in total. The van der Waals surface area contributed by atoms with E-state index in [4.69, 9.17) is 4.74 Å². The average Bonchev–Trinajstić information content (AvgIpc) is 3.75. The van der Waals surface area contributed by atoms with Crippen LogP contribution in [0.25, 0.3) is 10.9 Å². The average molecular weight is 443 g/mol. The number of amides is 1. The molecule has 168 valence electrons. The number of ether oxygens (including phenoxy) is 1. The predicted octanol–water partition coefficient (Wildman–Crippen LogP) is 4.67. The van der Waals surface area contributed by atoms with E-state index in [1.54, 1.807) is 7.11 Å². The molecule has 1 unspecified atom stereocenters. The normalized spacial score (nSPS) is 19.5. The Labute approximate surface area is 191 Å². The molecular formula is C25H26N6O2. The van der Waals surface area contributed by atoms with Crippen molar-refractivity contribution in [3.8, 4) is 5.75 Å². The van der Waals surface area contributed by atoms with Gasteiger partial charge < -0.3 is 15.4 Å². The summed E-state index contributed by atoms with van der Waals surface area (Å²) in [7, 11) is 3.58. The lowest BCUT2D eigenvalue weighted by Crippen LogP contribution is -2.14. The summed E-state index contributed by atoms with van der Waals surface area (Å²) < 4.78 is 7.04. The second-order valence-electron chi connectivity index (χ2n) is 9.02. The topological polar surface area (TPSA) is 96.9 Å². The third-order valence-corrected chi connectivity index (χ3v) is 6.64. The number of aromatic nitrogens is 4. The Morgan fingerprint density at radius 3 is 2.73 bits per heavy atom. The van der Waals surface area contributed by atoms with E-state index < -0.39 is 0 Å². The highest BCUT2D eigenvalue weighted by Gasteiger charge is 2.44. The Hall–Kier alpha value is -3.81. The molecule has 0 aliphatic heterocycles. The maximum atomic E-state index is 12.7. The van der Waals surface area contributed by atoms with Crippen molar-refractivity contribution >= 4 is 34.1 Å². The number of benzene rings is 2. The van der Waals surface area contributed by atoms with Crippen molar-refractivity contribution in [1.82, 2.24) is 20.0 Å². The molecule has 2 heterocycles. The van der Waals surface area contributed by atoms with Gasteiger partial charge in [-0.2, -0.15) is 10.2 Å². The van der Waals surface area contributed by atoms with Crippen molar-refractivity contribution in [2.24, 2.45) is 13.0 Å². The highest BCUT2D eigenvalue weighted by Crippen LogP contribution is 2.48. The minimum atomic E-state index is -0.0136. The number of anilines is 3. The van der Waals surface area contributed by atoms with Gasteiger partial charge in [0.25, 0.3) is 0 Å². The summed E-state index contributed by atoms with van der Waals surface area (Å²) >= 11 is 0. The fourth-order valence-corrected chi connectivity index (χ4v) is 4.43. The summed E-state index contributed by atoms with van der Waals surface area (Å²) in [6.45, 7) is 0. The minimum Gasteiger partial charge on any atom is -0.497 e. The molecule has 0 spiro atoms. The minimum absolute atomic E-state index is 0.0136. The van der Waals surface area contributed by atoms with Crippen LogP contribution in [-0.4, -0.2) is 33.0 Å². The number of hydrogen-bond donors (Lipinski definition) is 3. The Balaban J connectivity index is 1.14. The van der Waals surface area contributed by atoms with Gasteiger partial charge in [0.2, 0.25) is 5.91 Å². The van der Waals surface area contributed by atoms with Gasteiger partial charge in [-0.3, -0.25) is 14.6 Å². The zero-order valence-electron chi connectivity index (χ0n) is 18.6. The molecule has 33 heavy (non-hydrogen) atoms. The van der Waals surface area contributed by atoms with Crippen LogP contribution in [0, 0.1) is 5.92 Å². The SMILES string of the molecule is COc1ccc(NC(=O)C2C[C@H]2c2ccc3c(Nc4cc(C5CC5)nn4C)n[nH]c3c2)cc1. The van der Waals surface area contributed by atoms with Crippen molar-refractivity contribution < 1.29 is 9.53 Å². The molecule has 2 aromatic carbocycles. The summed E-state index contributed by atoms with van der Waals surface area (Å²) in [4.78, 5) is 12.7. The summed E-state index contributed by atoms with van der Waals surface area (Å²) in [5, 5.41) is 19.7. The van der Waals surface area contributed by atoms with Crippen LogP contribution in [0.1, 0.15) is 42.4 Å². The zero-order valence-corrected chi connectivity index (χ0v) is 18.6. The third kappa shape index (κ3) is 3.82. The standard InChI is InChI=1S/C25H26N6O2/c1-31-23(13-21(30-31)14-3-4-14)27-24-18-10-5-15(11-22(18)28-29-24)19-12-20(19)25(32)26-16-6-8-17(33-2)9-7-16/h5-11,13-14,19-20H,3-4,12H2,1-2H3,(H,26,32)(H2,27,28,29)/t19-,20?/m0/s1. The molecule has 0 radical (unpaired) electrons.